The molecule has 7 nitrogen and oxygen atoms in total. The van der Waals surface area contributed by atoms with E-state index in [4.69, 9.17) is 0 Å². The average molecular weight is 307 g/mol. The molecular formula is C16H17N7. The van der Waals surface area contributed by atoms with Gasteiger partial charge in [0.25, 0.3) is 5.95 Å². The lowest BCUT2D eigenvalue weighted by atomic mass is 10.1. The molecule has 0 spiro atoms. The summed E-state index contributed by atoms with van der Waals surface area (Å²) in [5.74, 6) is 1.57. The maximum Gasteiger partial charge on any atom is 0.250 e. The molecule has 3 aromatic rings. The first-order valence-corrected chi connectivity index (χ1v) is 7.62. The molecule has 1 aromatic carbocycles. The van der Waals surface area contributed by atoms with E-state index in [9.17, 15) is 0 Å². The third-order valence-corrected chi connectivity index (χ3v) is 4.07. The molecule has 2 aromatic heterocycles. The highest BCUT2D eigenvalue weighted by Crippen LogP contribution is 2.23. The fraction of sp³-hybridized carbons (Fsp3) is 0.312. The summed E-state index contributed by atoms with van der Waals surface area (Å²) in [6.45, 7) is 5.55. The van der Waals surface area contributed by atoms with Crippen molar-refractivity contribution in [3.8, 4) is 5.69 Å². The summed E-state index contributed by atoms with van der Waals surface area (Å²) in [5, 5.41) is 12.2. The monoisotopic (exact) mass is 307 g/mol. The second kappa shape index (κ2) is 5.42. The van der Waals surface area contributed by atoms with Crippen LogP contribution in [0.3, 0.4) is 0 Å². The van der Waals surface area contributed by atoms with Crippen LogP contribution < -0.4 is 4.90 Å². The van der Waals surface area contributed by atoms with Crippen LogP contribution in [0.2, 0.25) is 0 Å². The lowest BCUT2D eigenvalue weighted by molar-refractivity contribution is 0.667. The van der Waals surface area contributed by atoms with Gasteiger partial charge in [-0.1, -0.05) is 22.8 Å². The number of tetrazole rings is 1. The minimum Gasteiger partial charge on any atom is -0.335 e. The molecule has 0 amide bonds. The highest BCUT2D eigenvalue weighted by atomic mass is 15.6. The maximum atomic E-state index is 4.52. The number of hydrogen-bond donors (Lipinski definition) is 0. The second-order valence-corrected chi connectivity index (χ2v) is 5.79. The van der Waals surface area contributed by atoms with Crippen molar-refractivity contribution in [2.24, 2.45) is 0 Å². The van der Waals surface area contributed by atoms with Gasteiger partial charge in [0, 0.05) is 31.3 Å². The Kier molecular flexibility index (Phi) is 3.25. The number of rotatable bonds is 2. The SMILES string of the molecule is Cc1ccc(-n2nnnc2N2CCc3nc(C)ncc3C2)cc1. The van der Waals surface area contributed by atoms with Gasteiger partial charge in [-0.15, -0.1) is 0 Å². The normalized spacial score (nSPS) is 13.9. The number of aromatic nitrogens is 6. The van der Waals surface area contributed by atoms with Crippen LogP contribution in [0, 0.1) is 13.8 Å². The first-order valence-electron chi connectivity index (χ1n) is 7.62. The largest absolute Gasteiger partial charge is 0.335 e. The molecule has 0 fully saturated rings. The van der Waals surface area contributed by atoms with Crippen LogP contribution in [0.4, 0.5) is 5.95 Å². The molecule has 0 saturated heterocycles. The topological polar surface area (TPSA) is 72.6 Å². The minimum atomic E-state index is 0.724. The van der Waals surface area contributed by atoms with Crippen molar-refractivity contribution in [3.05, 3.63) is 53.1 Å². The van der Waals surface area contributed by atoms with Crippen LogP contribution in [0.25, 0.3) is 5.69 Å². The van der Waals surface area contributed by atoms with Gasteiger partial charge in [0.2, 0.25) is 0 Å². The Morgan fingerprint density at radius 2 is 1.91 bits per heavy atom. The summed E-state index contributed by atoms with van der Waals surface area (Å²) >= 11 is 0. The molecule has 4 rings (SSSR count). The third-order valence-electron chi connectivity index (χ3n) is 4.07. The molecule has 0 bridgehead atoms. The Morgan fingerprint density at radius 3 is 2.74 bits per heavy atom. The van der Waals surface area contributed by atoms with Crippen LogP contribution in [-0.2, 0) is 13.0 Å². The number of fused-ring (bicyclic) bond motifs is 1. The smallest absolute Gasteiger partial charge is 0.250 e. The lowest BCUT2D eigenvalue weighted by Crippen LogP contribution is -2.33. The van der Waals surface area contributed by atoms with Crippen molar-refractivity contribution in [3.63, 3.8) is 0 Å². The van der Waals surface area contributed by atoms with Crippen LogP contribution >= 0.6 is 0 Å². The fourth-order valence-electron chi connectivity index (χ4n) is 2.82. The van der Waals surface area contributed by atoms with Gasteiger partial charge < -0.3 is 4.90 Å². The molecule has 7 heteroatoms. The minimum absolute atomic E-state index is 0.724. The third kappa shape index (κ3) is 2.54. The molecule has 0 saturated carbocycles. The van der Waals surface area contributed by atoms with Gasteiger partial charge in [-0.3, -0.25) is 0 Å². The van der Waals surface area contributed by atoms with E-state index in [1.165, 1.54) is 5.56 Å². The predicted octanol–water partition coefficient (Wildman–Crippen LogP) is 1.63. The molecule has 0 atom stereocenters. The van der Waals surface area contributed by atoms with E-state index >= 15 is 0 Å². The van der Waals surface area contributed by atoms with Crippen molar-refractivity contribution < 1.29 is 0 Å². The highest BCUT2D eigenvalue weighted by Gasteiger charge is 2.23. The van der Waals surface area contributed by atoms with Crippen molar-refractivity contribution in [1.29, 1.82) is 0 Å². The van der Waals surface area contributed by atoms with Gasteiger partial charge in [0.05, 0.1) is 11.4 Å². The van der Waals surface area contributed by atoms with E-state index in [0.29, 0.717) is 0 Å². The zero-order chi connectivity index (χ0) is 15.8. The quantitative estimate of drug-likeness (QED) is 0.716. The van der Waals surface area contributed by atoms with Gasteiger partial charge in [-0.25, -0.2) is 9.97 Å². The Morgan fingerprint density at radius 1 is 1.09 bits per heavy atom. The summed E-state index contributed by atoms with van der Waals surface area (Å²) in [7, 11) is 0. The molecule has 23 heavy (non-hydrogen) atoms. The van der Waals surface area contributed by atoms with E-state index < -0.39 is 0 Å². The molecular weight excluding hydrogens is 290 g/mol. The van der Waals surface area contributed by atoms with Gasteiger partial charge in [-0.2, -0.15) is 4.68 Å². The predicted molar refractivity (Wildman–Crippen MR) is 85.4 cm³/mol. The first-order chi connectivity index (χ1) is 11.2. The second-order valence-electron chi connectivity index (χ2n) is 5.79. The Balaban J connectivity index is 1.66. The number of hydrogen-bond acceptors (Lipinski definition) is 6. The van der Waals surface area contributed by atoms with E-state index in [-0.39, 0.29) is 0 Å². The molecule has 3 heterocycles. The summed E-state index contributed by atoms with van der Waals surface area (Å²) in [6.07, 6.45) is 2.78. The zero-order valence-corrected chi connectivity index (χ0v) is 13.1. The number of aryl methyl sites for hydroxylation is 2. The van der Waals surface area contributed by atoms with E-state index in [0.717, 1.165) is 48.2 Å². The van der Waals surface area contributed by atoms with Crippen molar-refractivity contribution in [2.75, 3.05) is 11.4 Å². The number of nitrogens with zero attached hydrogens (tertiary/aromatic N) is 7. The molecule has 0 aliphatic carbocycles. The van der Waals surface area contributed by atoms with Crippen LogP contribution in [0.1, 0.15) is 22.6 Å². The van der Waals surface area contributed by atoms with Gasteiger partial charge in [0.1, 0.15) is 5.82 Å². The summed E-state index contributed by atoms with van der Waals surface area (Å²) < 4.78 is 1.78. The van der Waals surface area contributed by atoms with Crippen LogP contribution in [0.15, 0.2) is 30.5 Å². The molecule has 0 N–H and O–H groups in total. The summed E-state index contributed by atoms with van der Waals surface area (Å²) in [5.41, 5.74) is 4.44. The zero-order valence-electron chi connectivity index (χ0n) is 13.1. The number of anilines is 1. The molecule has 1 aliphatic heterocycles. The summed E-state index contributed by atoms with van der Waals surface area (Å²) in [4.78, 5) is 11.0. The standard InChI is InChI=1S/C16H17N7/c1-11-3-5-14(6-4-11)23-16(19-20-21-23)22-8-7-15-13(10-22)9-17-12(2)18-15/h3-6,9H,7-8,10H2,1-2H3. The van der Waals surface area contributed by atoms with E-state index in [1.807, 2.05) is 25.3 Å². The number of benzene rings is 1. The Bertz CT molecular complexity index is 838. The maximum absolute atomic E-state index is 4.52. The molecule has 0 unspecified atom stereocenters. The van der Waals surface area contributed by atoms with E-state index in [1.54, 1.807) is 4.68 Å². The summed E-state index contributed by atoms with van der Waals surface area (Å²) in [6, 6.07) is 8.17. The van der Waals surface area contributed by atoms with Gasteiger partial charge in [-0.05, 0) is 36.4 Å². The van der Waals surface area contributed by atoms with Gasteiger partial charge >= 0.3 is 0 Å². The highest BCUT2D eigenvalue weighted by molar-refractivity contribution is 5.43. The van der Waals surface area contributed by atoms with Crippen molar-refractivity contribution in [1.82, 2.24) is 30.2 Å². The lowest BCUT2D eigenvalue weighted by Gasteiger charge is -2.28. The van der Waals surface area contributed by atoms with Gasteiger partial charge in [0.15, 0.2) is 0 Å². The van der Waals surface area contributed by atoms with Crippen LogP contribution in [0.5, 0.6) is 0 Å². The fourth-order valence-corrected chi connectivity index (χ4v) is 2.82. The Labute approximate surface area is 134 Å². The molecule has 0 radical (unpaired) electrons. The van der Waals surface area contributed by atoms with Crippen molar-refractivity contribution in [2.45, 2.75) is 26.8 Å². The van der Waals surface area contributed by atoms with Crippen LogP contribution in [-0.4, -0.2) is 36.7 Å². The van der Waals surface area contributed by atoms with E-state index in [2.05, 4.69) is 49.4 Å². The molecule has 116 valence electrons. The Hall–Kier alpha value is -2.83. The first kappa shape index (κ1) is 13.8. The van der Waals surface area contributed by atoms with Crippen molar-refractivity contribution >= 4 is 5.95 Å². The average Bonchev–Trinajstić information content (AvgIpc) is 3.04. The molecule has 1 aliphatic rings.